The van der Waals surface area contributed by atoms with Gasteiger partial charge in [-0.2, -0.15) is 0 Å². The number of carbonyl (C=O) groups excluding carboxylic acids is 1. The first-order valence-electron chi connectivity index (χ1n) is 7.25. The molecule has 1 amide bonds. The molecule has 0 saturated carbocycles. The van der Waals surface area contributed by atoms with Gasteiger partial charge in [-0.3, -0.25) is 4.79 Å². The molecule has 1 heterocycles. The smallest absolute Gasteiger partial charge is 0.274 e. The lowest BCUT2D eigenvalue weighted by atomic mass is 10.2. The van der Waals surface area contributed by atoms with Crippen LogP contribution in [0.4, 0.5) is 0 Å². The van der Waals surface area contributed by atoms with E-state index in [4.69, 9.17) is 11.6 Å². The summed E-state index contributed by atoms with van der Waals surface area (Å²) < 4.78 is 2.59. The summed E-state index contributed by atoms with van der Waals surface area (Å²) in [7, 11) is 0. The van der Waals surface area contributed by atoms with Gasteiger partial charge in [0.1, 0.15) is 0 Å². The average molecular weight is 406 g/mol. The fraction of sp³-hybridized carbons (Fsp3) is 0.118. The summed E-state index contributed by atoms with van der Waals surface area (Å²) in [5.41, 5.74) is 2.78. The first-order valence-corrected chi connectivity index (χ1v) is 8.42. The van der Waals surface area contributed by atoms with Crippen molar-refractivity contribution in [3.05, 3.63) is 75.0 Å². The Bertz CT molecular complexity index is 877. The van der Waals surface area contributed by atoms with Crippen LogP contribution >= 0.6 is 27.5 Å². The van der Waals surface area contributed by atoms with Gasteiger partial charge in [-0.15, -0.1) is 5.10 Å². The molecule has 0 bridgehead atoms. The normalized spacial score (nSPS) is 10.6. The Morgan fingerprint density at radius 2 is 2.00 bits per heavy atom. The first kappa shape index (κ1) is 16.7. The van der Waals surface area contributed by atoms with E-state index in [1.807, 2.05) is 43.3 Å². The molecule has 0 spiro atoms. The highest BCUT2D eigenvalue weighted by Crippen LogP contribution is 2.16. The van der Waals surface area contributed by atoms with Crippen LogP contribution in [0.2, 0.25) is 5.02 Å². The number of halogens is 2. The summed E-state index contributed by atoms with van der Waals surface area (Å²) in [5, 5.41) is 11.6. The standard InChI is InChI=1S/C17H14BrClN4O/c1-11-16(17(24)20-10-12-3-2-4-13(18)9-12)21-22-23(11)15-7-5-14(19)6-8-15/h2-9H,10H2,1H3,(H,20,24). The molecule has 0 saturated heterocycles. The second-order valence-corrected chi connectivity index (χ2v) is 6.58. The van der Waals surface area contributed by atoms with Crippen LogP contribution in [0.5, 0.6) is 0 Å². The van der Waals surface area contributed by atoms with Gasteiger partial charge in [-0.25, -0.2) is 4.68 Å². The minimum absolute atomic E-state index is 0.257. The highest BCUT2D eigenvalue weighted by molar-refractivity contribution is 9.10. The molecule has 24 heavy (non-hydrogen) atoms. The Kier molecular flexibility index (Phi) is 4.97. The van der Waals surface area contributed by atoms with Crippen molar-refractivity contribution >= 4 is 33.4 Å². The quantitative estimate of drug-likeness (QED) is 0.715. The van der Waals surface area contributed by atoms with Crippen LogP contribution < -0.4 is 5.32 Å². The molecule has 122 valence electrons. The van der Waals surface area contributed by atoms with E-state index in [0.717, 1.165) is 15.7 Å². The maximum atomic E-state index is 12.4. The second kappa shape index (κ2) is 7.15. The number of benzene rings is 2. The average Bonchev–Trinajstić information content (AvgIpc) is 2.95. The molecule has 2 aromatic carbocycles. The molecule has 1 aromatic heterocycles. The van der Waals surface area contributed by atoms with Crippen molar-refractivity contribution < 1.29 is 4.79 Å². The van der Waals surface area contributed by atoms with Crippen LogP contribution in [0.25, 0.3) is 5.69 Å². The predicted molar refractivity (Wildman–Crippen MR) is 96.4 cm³/mol. The van der Waals surface area contributed by atoms with E-state index in [1.165, 1.54) is 0 Å². The monoisotopic (exact) mass is 404 g/mol. The number of hydrogen-bond acceptors (Lipinski definition) is 3. The van der Waals surface area contributed by atoms with E-state index in [9.17, 15) is 4.79 Å². The van der Waals surface area contributed by atoms with Crippen LogP contribution in [-0.4, -0.2) is 20.9 Å². The SMILES string of the molecule is Cc1c(C(=O)NCc2cccc(Br)c2)nnn1-c1ccc(Cl)cc1. The zero-order valence-corrected chi connectivity index (χ0v) is 15.2. The second-order valence-electron chi connectivity index (χ2n) is 5.22. The van der Waals surface area contributed by atoms with Gasteiger partial charge in [0, 0.05) is 16.0 Å². The highest BCUT2D eigenvalue weighted by Gasteiger charge is 2.17. The van der Waals surface area contributed by atoms with Gasteiger partial charge < -0.3 is 5.32 Å². The van der Waals surface area contributed by atoms with Crippen LogP contribution in [0.3, 0.4) is 0 Å². The van der Waals surface area contributed by atoms with E-state index >= 15 is 0 Å². The number of rotatable bonds is 4. The van der Waals surface area contributed by atoms with E-state index in [-0.39, 0.29) is 5.91 Å². The number of aromatic nitrogens is 3. The van der Waals surface area contributed by atoms with E-state index < -0.39 is 0 Å². The zero-order chi connectivity index (χ0) is 17.1. The Morgan fingerprint density at radius 1 is 1.25 bits per heavy atom. The molecule has 0 aliphatic rings. The topological polar surface area (TPSA) is 59.8 Å². The molecule has 0 radical (unpaired) electrons. The molecule has 3 aromatic rings. The minimum atomic E-state index is -0.257. The van der Waals surface area contributed by atoms with Gasteiger partial charge in [0.05, 0.1) is 11.4 Å². The molecule has 7 heteroatoms. The zero-order valence-electron chi connectivity index (χ0n) is 12.8. The Hall–Kier alpha value is -2.18. The lowest BCUT2D eigenvalue weighted by Crippen LogP contribution is -2.24. The van der Waals surface area contributed by atoms with Crippen molar-refractivity contribution in [3.8, 4) is 5.69 Å². The summed E-state index contributed by atoms with van der Waals surface area (Å²) in [5.74, 6) is -0.257. The summed E-state index contributed by atoms with van der Waals surface area (Å²) in [6.45, 7) is 2.23. The van der Waals surface area contributed by atoms with Crippen LogP contribution in [0.1, 0.15) is 21.7 Å². The summed E-state index contributed by atoms with van der Waals surface area (Å²) in [6, 6.07) is 15.0. The molecule has 3 rings (SSSR count). The van der Waals surface area contributed by atoms with Gasteiger partial charge in [0.15, 0.2) is 5.69 Å². The van der Waals surface area contributed by atoms with Gasteiger partial charge >= 0.3 is 0 Å². The van der Waals surface area contributed by atoms with Crippen molar-refractivity contribution in [1.82, 2.24) is 20.3 Å². The maximum Gasteiger partial charge on any atom is 0.274 e. The molecule has 0 aliphatic heterocycles. The fourth-order valence-electron chi connectivity index (χ4n) is 2.28. The van der Waals surface area contributed by atoms with E-state index in [1.54, 1.807) is 16.8 Å². The molecule has 1 N–H and O–H groups in total. The van der Waals surface area contributed by atoms with Gasteiger partial charge in [0.2, 0.25) is 0 Å². The largest absolute Gasteiger partial charge is 0.347 e. The van der Waals surface area contributed by atoms with Crippen LogP contribution in [0.15, 0.2) is 53.0 Å². The van der Waals surface area contributed by atoms with Crippen molar-refractivity contribution in [1.29, 1.82) is 0 Å². The number of carbonyl (C=O) groups is 1. The Morgan fingerprint density at radius 3 is 2.71 bits per heavy atom. The first-order chi connectivity index (χ1) is 11.5. The van der Waals surface area contributed by atoms with Gasteiger partial charge in [-0.05, 0) is 48.9 Å². The fourth-order valence-corrected chi connectivity index (χ4v) is 2.85. The lowest BCUT2D eigenvalue weighted by molar-refractivity contribution is 0.0945. The Labute approximate surface area is 152 Å². The number of hydrogen-bond donors (Lipinski definition) is 1. The van der Waals surface area contributed by atoms with Crippen molar-refractivity contribution in [3.63, 3.8) is 0 Å². The molecular weight excluding hydrogens is 392 g/mol. The Balaban J connectivity index is 1.75. The molecule has 0 fully saturated rings. The lowest BCUT2D eigenvalue weighted by Gasteiger charge is -2.06. The molecule has 0 aliphatic carbocycles. The van der Waals surface area contributed by atoms with Crippen molar-refractivity contribution in [2.24, 2.45) is 0 Å². The summed E-state index contributed by atoms with van der Waals surface area (Å²) in [6.07, 6.45) is 0. The maximum absolute atomic E-state index is 12.4. The third-order valence-electron chi connectivity index (χ3n) is 3.52. The van der Waals surface area contributed by atoms with E-state index in [2.05, 4.69) is 31.6 Å². The molecule has 0 atom stereocenters. The molecular formula is C17H14BrClN4O. The number of amides is 1. The number of nitrogens with zero attached hydrogens (tertiary/aromatic N) is 3. The van der Waals surface area contributed by atoms with Gasteiger partial charge in [0.25, 0.3) is 5.91 Å². The van der Waals surface area contributed by atoms with Crippen LogP contribution in [-0.2, 0) is 6.54 Å². The number of nitrogens with one attached hydrogen (secondary N) is 1. The van der Waals surface area contributed by atoms with Crippen molar-refractivity contribution in [2.75, 3.05) is 0 Å². The predicted octanol–water partition coefficient (Wildman–Crippen LogP) is 3.92. The van der Waals surface area contributed by atoms with Crippen molar-refractivity contribution in [2.45, 2.75) is 13.5 Å². The molecule has 0 unspecified atom stereocenters. The summed E-state index contributed by atoms with van der Waals surface area (Å²) >= 11 is 9.30. The van der Waals surface area contributed by atoms with Gasteiger partial charge in [-0.1, -0.05) is 44.9 Å². The van der Waals surface area contributed by atoms with E-state index in [0.29, 0.717) is 23.0 Å². The van der Waals surface area contributed by atoms with Crippen LogP contribution in [0, 0.1) is 6.92 Å². The third-order valence-corrected chi connectivity index (χ3v) is 4.27. The molecule has 5 nitrogen and oxygen atoms in total. The minimum Gasteiger partial charge on any atom is -0.347 e. The highest BCUT2D eigenvalue weighted by atomic mass is 79.9. The third kappa shape index (κ3) is 3.66. The summed E-state index contributed by atoms with van der Waals surface area (Å²) in [4.78, 5) is 12.4.